The van der Waals surface area contributed by atoms with Crippen molar-refractivity contribution in [3.63, 3.8) is 0 Å². The van der Waals surface area contributed by atoms with Crippen LogP contribution in [0, 0.1) is 11.8 Å². The van der Waals surface area contributed by atoms with Gasteiger partial charge in [0.25, 0.3) is 0 Å². The fraction of sp³-hybridized carbons (Fsp3) is 0.545. The molecule has 0 spiro atoms. The number of ether oxygens (including phenoxy) is 1. The summed E-state index contributed by atoms with van der Waals surface area (Å²) in [5.74, 6) is -1.41. The van der Waals surface area contributed by atoms with Gasteiger partial charge in [-0.25, -0.2) is 0 Å². The van der Waals surface area contributed by atoms with Crippen molar-refractivity contribution in [2.75, 3.05) is 44.7 Å². The molecule has 2 aliphatic rings. The smallest absolute Gasteiger partial charge is 0.309 e. The van der Waals surface area contributed by atoms with Gasteiger partial charge in [-0.1, -0.05) is 17.7 Å². The lowest BCUT2D eigenvalue weighted by atomic mass is 9.97. The summed E-state index contributed by atoms with van der Waals surface area (Å²) in [4.78, 5) is 54.4. The highest BCUT2D eigenvalue weighted by Crippen LogP contribution is 2.28. The van der Waals surface area contributed by atoms with E-state index in [4.69, 9.17) is 16.3 Å². The van der Waals surface area contributed by atoms with Crippen molar-refractivity contribution >= 4 is 41.0 Å². The molecule has 0 aliphatic carbocycles. The van der Waals surface area contributed by atoms with Gasteiger partial charge in [-0.05, 0) is 38.0 Å². The first-order chi connectivity index (χ1) is 14.8. The van der Waals surface area contributed by atoms with E-state index in [1.54, 1.807) is 48.0 Å². The number of hydrogen-bond donors (Lipinski definition) is 0. The largest absolute Gasteiger partial charge is 0.466 e. The Labute approximate surface area is 187 Å². The molecule has 2 fully saturated rings. The van der Waals surface area contributed by atoms with E-state index >= 15 is 0 Å². The summed E-state index contributed by atoms with van der Waals surface area (Å²) < 4.78 is 5.05. The van der Waals surface area contributed by atoms with Crippen LogP contribution in [0.15, 0.2) is 24.3 Å². The number of piperidine rings is 1. The summed E-state index contributed by atoms with van der Waals surface area (Å²) in [6.45, 7) is 3.27. The normalized spacial score (nSPS) is 19.5. The first kappa shape index (κ1) is 23.1. The summed E-state index contributed by atoms with van der Waals surface area (Å²) in [6.07, 6.45) is 1.23. The van der Waals surface area contributed by atoms with Crippen LogP contribution in [0.5, 0.6) is 0 Å². The molecule has 1 atom stereocenters. The van der Waals surface area contributed by atoms with Crippen molar-refractivity contribution in [1.29, 1.82) is 0 Å². The minimum Gasteiger partial charge on any atom is -0.466 e. The maximum absolute atomic E-state index is 12.9. The van der Waals surface area contributed by atoms with Gasteiger partial charge in [0.1, 0.15) is 0 Å². The minimum atomic E-state index is -0.501. The first-order valence-corrected chi connectivity index (χ1v) is 10.9. The number of amides is 3. The third-order valence-electron chi connectivity index (χ3n) is 5.81. The van der Waals surface area contributed by atoms with Crippen molar-refractivity contribution in [2.45, 2.75) is 26.2 Å². The molecule has 1 unspecified atom stereocenters. The molecular weight excluding hydrogens is 422 g/mol. The van der Waals surface area contributed by atoms with E-state index in [1.807, 2.05) is 0 Å². The minimum absolute atomic E-state index is 0.0508. The first-order valence-electron chi connectivity index (χ1n) is 10.6. The molecule has 0 radical (unpaired) electrons. The van der Waals surface area contributed by atoms with Crippen LogP contribution in [0.4, 0.5) is 5.69 Å². The molecule has 0 aromatic heterocycles. The Balaban J connectivity index is 1.51. The molecule has 3 rings (SSSR count). The summed E-state index contributed by atoms with van der Waals surface area (Å²) in [6, 6.07) is 6.96. The second-order valence-corrected chi connectivity index (χ2v) is 8.42. The van der Waals surface area contributed by atoms with Gasteiger partial charge in [-0.3, -0.25) is 19.2 Å². The molecular formula is C22H28ClN3O5. The second-order valence-electron chi connectivity index (χ2n) is 7.99. The van der Waals surface area contributed by atoms with Crippen LogP contribution >= 0.6 is 11.6 Å². The Morgan fingerprint density at radius 3 is 2.55 bits per heavy atom. The van der Waals surface area contributed by atoms with Crippen LogP contribution in [-0.4, -0.2) is 73.3 Å². The van der Waals surface area contributed by atoms with Gasteiger partial charge in [-0.2, -0.15) is 0 Å². The van der Waals surface area contributed by atoms with E-state index in [0.717, 1.165) is 0 Å². The predicted molar refractivity (Wildman–Crippen MR) is 115 cm³/mol. The number of nitrogens with zero attached hydrogens (tertiary/aromatic N) is 3. The molecule has 1 aromatic carbocycles. The van der Waals surface area contributed by atoms with E-state index in [1.165, 1.54) is 4.90 Å². The van der Waals surface area contributed by atoms with Gasteiger partial charge in [0, 0.05) is 43.8 Å². The SMILES string of the molecule is CCOC(=O)C1CCN(C(=O)CN(C)C(=O)C2CC(=O)N(c3cccc(Cl)c3)C2)CC1. The average Bonchev–Trinajstić information content (AvgIpc) is 3.15. The Morgan fingerprint density at radius 2 is 1.90 bits per heavy atom. The number of carbonyl (C=O) groups excluding carboxylic acids is 4. The van der Waals surface area contributed by atoms with Gasteiger partial charge in [0.2, 0.25) is 17.7 Å². The molecule has 0 saturated carbocycles. The van der Waals surface area contributed by atoms with Crippen molar-refractivity contribution in [3.05, 3.63) is 29.3 Å². The van der Waals surface area contributed by atoms with Gasteiger partial charge in [0.05, 0.1) is 25.0 Å². The standard InChI is InChI=1S/C22H28ClN3O5/c1-3-31-22(30)15-7-9-25(10-8-15)20(28)14-24(2)21(29)16-11-19(27)26(13-16)18-6-4-5-17(23)12-18/h4-6,12,15-16H,3,7-11,13-14H2,1-2H3. The molecule has 2 aliphatic heterocycles. The van der Waals surface area contributed by atoms with E-state index in [-0.39, 0.29) is 49.1 Å². The molecule has 2 saturated heterocycles. The van der Waals surface area contributed by atoms with Gasteiger partial charge < -0.3 is 19.4 Å². The average molecular weight is 450 g/mol. The second kappa shape index (κ2) is 10.1. The van der Waals surface area contributed by atoms with Crippen LogP contribution in [0.2, 0.25) is 5.02 Å². The van der Waals surface area contributed by atoms with Gasteiger partial charge >= 0.3 is 5.97 Å². The predicted octanol–water partition coefficient (Wildman–Crippen LogP) is 1.95. The molecule has 0 bridgehead atoms. The Hall–Kier alpha value is -2.61. The maximum atomic E-state index is 12.9. The molecule has 9 heteroatoms. The van der Waals surface area contributed by atoms with E-state index in [9.17, 15) is 19.2 Å². The fourth-order valence-electron chi connectivity index (χ4n) is 4.08. The topological polar surface area (TPSA) is 87.2 Å². The fourth-order valence-corrected chi connectivity index (χ4v) is 4.27. The summed E-state index contributed by atoms with van der Waals surface area (Å²) in [5, 5.41) is 0.523. The van der Waals surface area contributed by atoms with Crippen molar-refractivity contribution in [3.8, 4) is 0 Å². The number of likely N-dealkylation sites (N-methyl/N-ethyl adjacent to an activating group) is 1. The lowest BCUT2D eigenvalue weighted by Crippen LogP contribution is -2.46. The molecule has 2 heterocycles. The van der Waals surface area contributed by atoms with Gasteiger partial charge in [-0.15, -0.1) is 0 Å². The monoisotopic (exact) mass is 449 g/mol. The third-order valence-corrected chi connectivity index (χ3v) is 6.05. The van der Waals surface area contributed by atoms with E-state index in [2.05, 4.69) is 0 Å². The number of carbonyl (C=O) groups is 4. The van der Waals surface area contributed by atoms with Crippen LogP contribution < -0.4 is 4.90 Å². The number of esters is 1. The highest BCUT2D eigenvalue weighted by atomic mass is 35.5. The molecule has 3 amide bonds. The van der Waals surface area contributed by atoms with E-state index in [0.29, 0.717) is 43.2 Å². The number of benzene rings is 1. The van der Waals surface area contributed by atoms with Crippen molar-refractivity contribution in [1.82, 2.24) is 9.80 Å². The lowest BCUT2D eigenvalue weighted by Gasteiger charge is -2.32. The Morgan fingerprint density at radius 1 is 1.19 bits per heavy atom. The summed E-state index contributed by atoms with van der Waals surface area (Å²) in [7, 11) is 1.58. The van der Waals surface area contributed by atoms with Crippen molar-refractivity contribution in [2.24, 2.45) is 11.8 Å². The number of likely N-dealkylation sites (tertiary alicyclic amines) is 1. The Bertz CT molecular complexity index is 853. The Kier molecular flexibility index (Phi) is 7.54. The molecule has 8 nitrogen and oxygen atoms in total. The summed E-state index contributed by atoms with van der Waals surface area (Å²) >= 11 is 6.01. The highest BCUT2D eigenvalue weighted by Gasteiger charge is 2.37. The highest BCUT2D eigenvalue weighted by molar-refractivity contribution is 6.31. The molecule has 1 aromatic rings. The lowest BCUT2D eigenvalue weighted by molar-refractivity contribution is -0.151. The molecule has 0 N–H and O–H groups in total. The van der Waals surface area contributed by atoms with Crippen LogP contribution in [0.1, 0.15) is 26.2 Å². The van der Waals surface area contributed by atoms with Crippen LogP contribution in [0.25, 0.3) is 0 Å². The summed E-state index contributed by atoms with van der Waals surface area (Å²) in [5.41, 5.74) is 0.663. The maximum Gasteiger partial charge on any atom is 0.309 e. The molecule has 168 valence electrons. The number of hydrogen-bond acceptors (Lipinski definition) is 5. The van der Waals surface area contributed by atoms with Gasteiger partial charge in [0.15, 0.2) is 0 Å². The quantitative estimate of drug-likeness (QED) is 0.619. The molecule has 31 heavy (non-hydrogen) atoms. The third kappa shape index (κ3) is 5.55. The van der Waals surface area contributed by atoms with Crippen molar-refractivity contribution < 1.29 is 23.9 Å². The number of halogens is 1. The van der Waals surface area contributed by atoms with Crippen LogP contribution in [0.3, 0.4) is 0 Å². The zero-order chi connectivity index (χ0) is 22.5. The van der Waals surface area contributed by atoms with E-state index < -0.39 is 5.92 Å². The van der Waals surface area contributed by atoms with Crippen LogP contribution in [-0.2, 0) is 23.9 Å². The number of rotatable bonds is 6. The number of anilines is 1. The zero-order valence-electron chi connectivity index (χ0n) is 17.9. The zero-order valence-corrected chi connectivity index (χ0v) is 18.6.